The Kier molecular flexibility index (Phi) is 6.28. The summed E-state index contributed by atoms with van der Waals surface area (Å²) in [5, 5.41) is 14.1. The number of amides is 3. The van der Waals surface area contributed by atoms with E-state index in [1.807, 2.05) is 22.4 Å². The van der Waals surface area contributed by atoms with Crippen molar-refractivity contribution in [3.8, 4) is 0 Å². The predicted molar refractivity (Wildman–Crippen MR) is 127 cm³/mol. The Hall–Kier alpha value is -2.24. The van der Waals surface area contributed by atoms with Gasteiger partial charge in [-0.05, 0) is 48.3 Å². The molecule has 11 heteroatoms. The standard InChI is InChI=1S/C22H23N3O5S3/c26-15(11-32-16-2-1-7-31-16)23-17-20(28)25-18(22(29)30)14(10-33-21(17)25)8-13-5-6-24(19(13)27)9-12-3-4-12/h1-2,7-8,12,17,21H,3-6,9-11H2,(H,23,26)(H,29,30)/t17-,21-/m1/s1. The predicted octanol–water partition coefficient (Wildman–Crippen LogP) is 2.15. The van der Waals surface area contributed by atoms with E-state index in [1.165, 1.54) is 28.4 Å². The summed E-state index contributed by atoms with van der Waals surface area (Å²) in [6, 6.07) is 3.10. The lowest BCUT2D eigenvalue weighted by Gasteiger charge is -2.49. The molecular formula is C22H23N3O5S3. The van der Waals surface area contributed by atoms with Crippen molar-refractivity contribution in [2.24, 2.45) is 5.92 Å². The Balaban J connectivity index is 1.26. The number of carboxylic acid groups (broad SMARTS) is 1. The summed E-state index contributed by atoms with van der Waals surface area (Å²) in [5.41, 5.74) is 1.00. The molecule has 0 unspecified atom stereocenters. The quantitative estimate of drug-likeness (QED) is 0.317. The molecule has 0 aromatic carbocycles. The highest BCUT2D eigenvalue weighted by Gasteiger charge is 2.54. The van der Waals surface area contributed by atoms with Crippen LogP contribution in [-0.4, -0.2) is 74.6 Å². The number of carboxylic acids is 1. The van der Waals surface area contributed by atoms with Gasteiger partial charge < -0.3 is 15.3 Å². The number of fused-ring (bicyclic) bond motifs is 1. The number of thiophene rings is 1. The van der Waals surface area contributed by atoms with Crippen LogP contribution in [0.4, 0.5) is 0 Å². The number of thioether (sulfide) groups is 2. The number of aliphatic carboxylic acids is 1. The molecule has 2 N–H and O–H groups in total. The number of nitrogens with one attached hydrogen (secondary N) is 1. The second kappa shape index (κ2) is 9.19. The molecule has 0 radical (unpaired) electrons. The number of carbonyl (C=O) groups excluding carboxylic acids is 3. The molecule has 5 rings (SSSR count). The first-order valence-electron chi connectivity index (χ1n) is 10.8. The highest BCUT2D eigenvalue weighted by Crippen LogP contribution is 2.41. The van der Waals surface area contributed by atoms with E-state index in [0.717, 1.165) is 23.6 Å². The average molecular weight is 506 g/mol. The van der Waals surface area contributed by atoms with Crippen molar-refractivity contribution in [2.75, 3.05) is 24.6 Å². The van der Waals surface area contributed by atoms with Crippen molar-refractivity contribution in [3.05, 3.63) is 40.4 Å². The van der Waals surface area contributed by atoms with E-state index in [2.05, 4.69) is 5.32 Å². The summed E-state index contributed by atoms with van der Waals surface area (Å²) in [4.78, 5) is 53.0. The molecule has 33 heavy (non-hydrogen) atoms. The number of hydrogen-bond acceptors (Lipinski definition) is 7. The van der Waals surface area contributed by atoms with Gasteiger partial charge in [0.2, 0.25) is 11.8 Å². The molecule has 174 valence electrons. The van der Waals surface area contributed by atoms with E-state index in [1.54, 1.807) is 17.4 Å². The van der Waals surface area contributed by atoms with Crippen molar-refractivity contribution < 1.29 is 24.3 Å². The molecule has 3 amide bonds. The fourth-order valence-corrected chi connectivity index (χ4v) is 7.15. The van der Waals surface area contributed by atoms with Crippen molar-refractivity contribution in [3.63, 3.8) is 0 Å². The second-order valence-corrected chi connectivity index (χ2v) is 11.8. The molecule has 8 nitrogen and oxygen atoms in total. The third-order valence-corrected chi connectivity index (χ3v) is 9.53. The van der Waals surface area contributed by atoms with Gasteiger partial charge >= 0.3 is 5.97 Å². The normalized spacial score (nSPS) is 26.0. The van der Waals surface area contributed by atoms with Crippen LogP contribution in [0.25, 0.3) is 0 Å². The Morgan fingerprint density at radius 2 is 2.12 bits per heavy atom. The Morgan fingerprint density at radius 1 is 1.30 bits per heavy atom. The molecule has 1 saturated carbocycles. The fourth-order valence-electron chi connectivity index (χ4n) is 4.25. The first-order chi connectivity index (χ1) is 15.9. The molecule has 1 aliphatic carbocycles. The molecule has 1 aromatic rings. The molecule has 0 spiro atoms. The summed E-state index contributed by atoms with van der Waals surface area (Å²) < 4.78 is 1.02. The monoisotopic (exact) mass is 505 g/mol. The van der Waals surface area contributed by atoms with Crippen LogP contribution in [-0.2, 0) is 19.2 Å². The van der Waals surface area contributed by atoms with Gasteiger partial charge in [-0.1, -0.05) is 6.07 Å². The maximum atomic E-state index is 12.8. The maximum Gasteiger partial charge on any atom is 0.352 e. The van der Waals surface area contributed by atoms with E-state index in [0.29, 0.717) is 35.8 Å². The third-order valence-electron chi connectivity index (χ3n) is 6.09. The molecule has 3 fully saturated rings. The molecule has 2 atom stereocenters. The van der Waals surface area contributed by atoms with Gasteiger partial charge in [0, 0.05) is 24.4 Å². The Labute approximate surface area is 203 Å². The van der Waals surface area contributed by atoms with Crippen LogP contribution in [0.3, 0.4) is 0 Å². The van der Waals surface area contributed by atoms with Gasteiger partial charge in [-0.2, -0.15) is 0 Å². The van der Waals surface area contributed by atoms with Gasteiger partial charge in [0.1, 0.15) is 17.1 Å². The zero-order valence-corrected chi connectivity index (χ0v) is 20.1. The number of β-lactam (4-membered cyclic amide) rings is 1. The first kappa shape index (κ1) is 22.5. The van der Waals surface area contributed by atoms with E-state index in [-0.39, 0.29) is 23.3 Å². The summed E-state index contributed by atoms with van der Waals surface area (Å²) in [6.45, 7) is 1.43. The zero-order valence-electron chi connectivity index (χ0n) is 17.7. The van der Waals surface area contributed by atoms with E-state index >= 15 is 0 Å². The Bertz CT molecular complexity index is 1060. The lowest BCUT2D eigenvalue weighted by molar-refractivity contribution is -0.150. The number of nitrogens with zero attached hydrogens (tertiary/aromatic N) is 2. The van der Waals surface area contributed by atoms with Crippen LogP contribution >= 0.6 is 34.9 Å². The largest absolute Gasteiger partial charge is 0.477 e. The highest BCUT2D eigenvalue weighted by atomic mass is 32.2. The molecule has 2 saturated heterocycles. The minimum absolute atomic E-state index is 0.0328. The summed E-state index contributed by atoms with van der Waals surface area (Å²) >= 11 is 4.36. The number of rotatable bonds is 8. The third kappa shape index (κ3) is 4.58. The van der Waals surface area contributed by atoms with Crippen LogP contribution in [0.5, 0.6) is 0 Å². The summed E-state index contributed by atoms with van der Waals surface area (Å²) in [7, 11) is 0. The zero-order chi connectivity index (χ0) is 23.1. The molecular weight excluding hydrogens is 482 g/mol. The summed E-state index contributed by atoms with van der Waals surface area (Å²) in [6.07, 6.45) is 4.58. The summed E-state index contributed by atoms with van der Waals surface area (Å²) in [5.74, 6) is -0.751. The van der Waals surface area contributed by atoms with Gasteiger partial charge in [0.05, 0.1) is 9.96 Å². The van der Waals surface area contributed by atoms with Crippen molar-refractivity contribution in [1.29, 1.82) is 0 Å². The van der Waals surface area contributed by atoms with Gasteiger partial charge in [-0.15, -0.1) is 34.9 Å². The van der Waals surface area contributed by atoms with Crippen LogP contribution < -0.4 is 5.32 Å². The molecule has 4 aliphatic rings. The molecule has 3 aliphatic heterocycles. The lowest BCUT2D eigenvalue weighted by Crippen LogP contribution is -2.70. The van der Waals surface area contributed by atoms with Crippen LogP contribution in [0, 0.1) is 5.92 Å². The number of likely N-dealkylation sites (tertiary alicyclic amines) is 1. The maximum absolute atomic E-state index is 12.8. The minimum Gasteiger partial charge on any atom is -0.477 e. The van der Waals surface area contributed by atoms with Gasteiger partial charge in [-0.3, -0.25) is 19.3 Å². The SMILES string of the molecule is O=C(CSc1cccs1)N[C@@H]1C(=O)N2C(C(=O)O)=C(C=C3CCN(CC4CC4)C3=O)CS[C@H]12. The second-order valence-electron chi connectivity index (χ2n) is 8.47. The first-order valence-corrected chi connectivity index (χ1v) is 13.7. The number of carbonyl (C=O) groups is 4. The number of hydrogen-bond donors (Lipinski definition) is 2. The van der Waals surface area contributed by atoms with E-state index in [4.69, 9.17) is 0 Å². The Morgan fingerprint density at radius 3 is 2.82 bits per heavy atom. The molecule has 1 aromatic heterocycles. The van der Waals surface area contributed by atoms with Crippen LogP contribution in [0.1, 0.15) is 19.3 Å². The fraction of sp³-hybridized carbons (Fsp3) is 0.455. The van der Waals surface area contributed by atoms with Gasteiger partial charge in [0.15, 0.2) is 0 Å². The highest BCUT2D eigenvalue weighted by molar-refractivity contribution is 8.01. The molecule has 0 bridgehead atoms. The van der Waals surface area contributed by atoms with Crippen molar-refractivity contribution in [2.45, 2.75) is 34.9 Å². The average Bonchev–Trinajstić information content (AvgIpc) is 3.34. The van der Waals surface area contributed by atoms with Crippen molar-refractivity contribution in [1.82, 2.24) is 15.1 Å². The lowest BCUT2D eigenvalue weighted by atomic mass is 10.0. The van der Waals surface area contributed by atoms with Gasteiger partial charge in [0.25, 0.3) is 5.91 Å². The van der Waals surface area contributed by atoms with Crippen molar-refractivity contribution >= 4 is 58.6 Å². The minimum atomic E-state index is -1.20. The van der Waals surface area contributed by atoms with E-state index < -0.39 is 23.3 Å². The molecule has 4 heterocycles. The van der Waals surface area contributed by atoms with Crippen LogP contribution in [0.15, 0.2) is 44.6 Å². The van der Waals surface area contributed by atoms with Crippen LogP contribution in [0.2, 0.25) is 0 Å². The van der Waals surface area contributed by atoms with Gasteiger partial charge in [-0.25, -0.2) is 4.79 Å². The smallest absolute Gasteiger partial charge is 0.352 e. The number of allylic oxidation sites excluding steroid dienone is 1. The topological polar surface area (TPSA) is 107 Å². The van der Waals surface area contributed by atoms with E-state index in [9.17, 15) is 24.3 Å².